The number of amides is 2. The number of carbonyl (C=O) groups excluding carboxylic acids is 2. The molecular formula is C20H22N2O2S. The summed E-state index contributed by atoms with van der Waals surface area (Å²) in [5.41, 5.74) is 1.67. The lowest BCUT2D eigenvalue weighted by atomic mass is 9.88. The standard InChI is InChI=1S/C20H22N2O2S/c23-18-12-15(14-8-3-4-9-16(14)21-18)20(24)22-19(13-6-1-2-7-13)17-10-5-11-25-17/h3-5,8-11,13,15,19H,1-2,6-7,12H2,(H,21,23)(H,22,24)/t15-,19-/m1/s1. The zero-order chi connectivity index (χ0) is 17.2. The quantitative estimate of drug-likeness (QED) is 0.863. The van der Waals surface area contributed by atoms with E-state index in [1.165, 1.54) is 17.7 Å². The topological polar surface area (TPSA) is 58.2 Å². The van der Waals surface area contributed by atoms with Gasteiger partial charge in [0.2, 0.25) is 11.8 Å². The zero-order valence-corrected chi connectivity index (χ0v) is 14.9. The molecule has 4 rings (SSSR count). The van der Waals surface area contributed by atoms with Crippen molar-refractivity contribution in [3.63, 3.8) is 0 Å². The molecule has 0 unspecified atom stereocenters. The summed E-state index contributed by atoms with van der Waals surface area (Å²) in [5, 5.41) is 8.21. The van der Waals surface area contributed by atoms with Crippen LogP contribution in [0.1, 0.15) is 54.5 Å². The Balaban J connectivity index is 1.58. The van der Waals surface area contributed by atoms with Crippen molar-refractivity contribution in [1.29, 1.82) is 0 Å². The van der Waals surface area contributed by atoms with Crippen LogP contribution in [0.3, 0.4) is 0 Å². The van der Waals surface area contributed by atoms with Gasteiger partial charge in [-0.05, 0) is 41.8 Å². The molecule has 25 heavy (non-hydrogen) atoms. The molecule has 1 aliphatic carbocycles. The van der Waals surface area contributed by atoms with Crippen molar-refractivity contribution in [2.75, 3.05) is 5.32 Å². The average molecular weight is 354 g/mol. The van der Waals surface area contributed by atoms with Crippen LogP contribution in [-0.4, -0.2) is 11.8 Å². The van der Waals surface area contributed by atoms with Crippen molar-refractivity contribution in [2.45, 2.75) is 44.1 Å². The molecule has 0 radical (unpaired) electrons. The summed E-state index contributed by atoms with van der Waals surface area (Å²) in [6, 6.07) is 11.8. The van der Waals surface area contributed by atoms with E-state index in [0.29, 0.717) is 5.92 Å². The number of carbonyl (C=O) groups is 2. The van der Waals surface area contributed by atoms with Crippen molar-refractivity contribution in [2.24, 2.45) is 5.92 Å². The number of hydrogen-bond donors (Lipinski definition) is 2. The van der Waals surface area contributed by atoms with E-state index >= 15 is 0 Å². The third-order valence-electron chi connectivity index (χ3n) is 5.34. The van der Waals surface area contributed by atoms with Gasteiger partial charge in [0.1, 0.15) is 0 Å². The Bertz CT molecular complexity index is 766. The molecule has 2 aromatic rings. The highest BCUT2D eigenvalue weighted by molar-refractivity contribution is 7.10. The van der Waals surface area contributed by atoms with Gasteiger partial charge in [-0.3, -0.25) is 9.59 Å². The SMILES string of the molecule is O=C1C[C@@H](C(=O)N[C@@H](c2cccs2)C2CCCC2)c2ccccc2N1. The Morgan fingerprint density at radius 1 is 1.16 bits per heavy atom. The molecule has 2 atom stereocenters. The van der Waals surface area contributed by atoms with Gasteiger partial charge in [0.15, 0.2) is 0 Å². The van der Waals surface area contributed by atoms with Gasteiger partial charge in [-0.25, -0.2) is 0 Å². The smallest absolute Gasteiger partial charge is 0.228 e. The summed E-state index contributed by atoms with van der Waals surface area (Å²) in [7, 11) is 0. The number of para-hydroxylation sites is 1. The molecule has 0 bridgehead atoms. The summed E-state index contributed by atoms with van der Waals surface area (Å²) >= 11 is 1.70. The third-order valence-corrected chi connectivity index (χ3v) is 6.29. The van der Waals surface area contributed by atoms with Gasteiger partial charge in [-0.15, -0.1) is 11.3 Å². The molecule has 2 amide bonds. The molecule has 1 fully saturated rings. The number of benzene rings is 1. The van der Waals surface area contributed by atoms with E-state index in [9.17, 15) is 9.59 Å². The first-order valence-electron chi connectivity index (χ1n) is 8.95. The minimum Gasteiger partial charge on any atom is -0.348 e. The number of hydrogen-bond acceptors (Lipinski definition) is 3. The molecule has 0 saturated heterocycles. The van der Waals surface area contributed by atoms with Gasteiger partial charge in [0.05, 0.1) is 12.0 Å². The van der Waals surface area contributed by atoms with Gasteiger partial charge >= 0.3 is 0 Å². The van der Waals surface area contributed by atoms with Crippen molar-refractivity contribution in [1.82, 2.24) is 5.32 Å². The van der Waals surface area contributed by atoms with E-state index in [2.05, 4.69) is 22.1 Å². The van der Waals surface area contributed by atoms with Gasteiger partial charge in [0, 0.05) is 17.0 Å². The fourth-order valence-electron chi connectivity index (χ4n) is 4.08. The van der Waals surface area contributed by atoms with Crippen LogP contribution >= 0.6 is 11.3 Å². The highest BCUT2D eigenvalue weighted by atomic mass is 32.1. The van der Waals surface area contributed by atoms with Crippen LogP contribution < -0.4 is 10.6 Å². The van der Waals surface area contributed by atoms with Gasteiger partial charge in [0.25, 0.3) is 0 Å². The van der Waals surface area contributed by atoms with Crippen LogP contribution in [0.25, 0.3) is 0 Å². The van der Waals surface area contributed by atoms with E-state index in [1.54, 1.807) is 11.3 Å². The summed E-state index contributed by atoms with van der Waals surface area (Å²) in [6.45, 7) is 0. The zero-order valence-electron chi connectivity index (χ0n) is 14.0. The lowest BCUT2D eigenvalue weighted by Gasteiger charge is -2.29. The summed E-state index contributed by atoms with van der Waals surface area (Å²) in [5.74, 6) is -0.0379. The number of fused-ring (bicyclic) bond motifs is 1. The maximum Gasteiger partial charge on any atom is 0.228 e. The van der Waals surface area contributed by atoms with Crippen LogP contribution in [-0.2, 0) is 9.59 Å². The Hall–Kier alpha value is -2.14. The molecule has 1 aromatic heterocycles. The highest BCUT2D eigenvalue weighted by Crippen LogP contribution is 2.39. The second kappa shape index (κ2) is 7.00. The van der Waals surface area contributed by atoms with Crippen LogP contribution in [0.2, 0.25) is 0 Å². The Morgan fingerprint density at radius 2 is 1.96 bits per heavy atom. The van der Waals surface area contributed by atoms with E-state index in [4.69, 9.17) is 0 Å². The predicted molar refractivity (Wildman–Crippen MR) is 99.6 cm³/mol. The molecular weight excluding hydrogens is 332 g/mol. The lowest BCUT2D eigenvalue weighted by Crippen LogP contribution is -2.38. The van der Waals surface area contributed by atoms with E-state index in [1.807, 2.05) is 30.3 Å². The first-order valence-corrected chi connectivity index (χ1v) is 9.83. The van der Waals surface area contributed by atoms with Crippen LogP contribution in [0, 0.1) is 5.92 Å². The average Bonchev–Trinajstić information content (AvgIpc) is 3.32. The maximum absolute atomic E-state index is 13.1. The van der Waals surface area contributed by atoms with Crippen molar-refractivity contribution >= 4 is 28.8 Å². The Kier molecular flexibility index (Phi) is 4.57. The fourth-order valence-corrected chi connectivity index (χ4v) is 4.95. The first kappa shape index (κ1) is 16.3. The molecule has 4 nitrogen and oxygen atoms in total. The lowest BCUT2D eigenvalue weighted by molar-refractivity contribution is -0.127. The second-order valence-corrected chi connectivity index (χ2v) is 7.92. The molecule has 5 heteroatoms. The van der Waals surface area contributed by atoms with Crippen LogP contribution in [0.5, 0.6) is 0 Å². The maximum atomic E-state index is 13.1. The summed E-state index contributed by atoms with van der Waals surface area (Å²) in [6.07, 6.45) is 4.99. The van der Waals surface area contributed by atoms with Gasteiger partial charge in [-0.1, -0.05) is 37.1 Å². The minimum atomic E-state index is -0.409. The molecule has 0 spiro atoms. The number of nitrogens with one attached hydrogen (secondary N) is 2. The van der Waals surface area contributed by atoms with Crippen LogP contribution in [0.4, 0.5) is 5.69 Å². The Morgan fingerprint density at radius 3 is 2.72 bits per heavy atom. The number of thiophene rings is 1. The van der Waals surface area contributed by atoms with Gasteiger partial charge < -0.3 is 10.6 Å². The van der Waals surface area contributed by atoms with Crippen molar-refractivity contribution < 1.29 is 9.59 Å². The normalized spacial score (nSPS) is 21.4. The van der Waals surface area contributed by atoms with E-state index in [0.717, 1.165) is 24.1 Å². The summed E-state index contributed by atoms with van der Waals surface area (Å²) in [4.78, 5) is 26.3. The van der Waals surface area contributed by atoms with Crippen LogP contribution in [0.15, 0.2) is 41.8 Å². The molecule has 1 saturated carbocycles. The molecule has 1 aliphatic heterocycles. The third kappa shape index (κ3) is 3.33. The van der Waals surface area contributed by atoms with E-state index < -0.39 is 5.92 Å². The second-order valence-electron chi connectivity index (χ2n) is 6.94. The van der Waals surface area contributed by atoms with Crippen molar-refractivity contribution in [3.05, 3.63) is 52.2 Å². The molecule has 130 valence electrons. The monoisotopic (exact) mass is 354 g/mol. The number of rotatable bonds is 4. The van der Waals surface area contributed by atoms with Crippen molar-refractivity contribution in [3.8, 4) is 0 Å². The molecule has 2 aliphatic rings. The first-order chi connectivity index (χ1) is 12.2. The number of anilines is 1. The molecule has 2 heterocycles. The minimum absolute atomic E-state index is 0.0346. The fraction of sp³-hybridized carbons (Fsp3) is 0.400. The largest absolute Gasteiger partial charge is 0.348 e. The molecule has 2 N–H and O–H groups in total. The highest BCUT2D eigenvalue weighted by Gasteiger charge is 2.34. The van der Waals surface area contributed by atoms with Gasteiger partial charge in [-0.2, -0.15) is 0 Å². The van der Waals surface area contributed by atoms with E-state index in [-0.39, 0.29) is 24.3 Å². The Labute approximate surface area is 151 Å². The molecule has 1 aromatic carbocycles. The summed E-state index contributed by atoms with van der Waals surface area (Å²) < 4.78 is 0. The predicted octanol–water partition coefficient (Wildman–Crippen LogP) is 4.22.